The number of pyridine rings is 1. The molecule has 0 amide bonds. The Morgan fingerprint density at radius 2 is 1.68 bits per heavy atom. The quantitative estimate of drug-likeness (QED) is 0.721. The highest BCUT2D eigenvalue weighted by Crippen LogP contribution is 2.28. The summed E-state index contributed by atoms with van der Waals surface area (Å²) in [5.41, 5.74) is 0.924. The maximum absolute atomic E-state index is 13.1. The first-order valence-corrected chi connectivity index (χ1v) is 9.71. The monoisotopic (exact) mass is 356 g/mol. The number of hydrogen-bond acceptors (Lipinski definition) is 4. The van der Waals surface area contributed by atoms with Crippen LogP contribution in [0.15, 0.2) is 59.8 Å². The van der Waals surface area contributed by atoms with Crippen molar-refractivity contribution < 1.29 is 8.42 Å². The van der Waals surface area contributed by atoms with E-state index in [9.17, 15) is 8.42 Å². The molecule has 6 nitrogen and oxygen atoms in total. The van der Waals surface area contributed by atoms with Gasteiger partial charge in [-0.15, -0.1) is 0 Å². The van der Waals surface area contributed by atoms with E-state index in [1.165, 1.54) is 0 Å². The number of aromatic nitrogens is 2. The molecule has 0 aliphatic carbocycles. The van der Waals surface area contributed by atoms with Gasteiger partial charge in [0.1, 0.15) is 10.7 Å². The highest BCUT2D eigenvalue weighted by atomic mass is 32.2. The molecule has 7 heteroatoms. The average Bonchev–Trinajstić information content (AvgIpc) is 3.01. The van der Waals surface area contributed by atoms with Crippen molar-refractivity contribution in [2.75, 3.05) is 31.1 Å². The smallest absolute Gasteiger partial charge is 0.245 e. The van der Waals surface area contributed by atoms with E-state index in [2.05, 4.69) is 9.88 Å². The van der Waals surface area contributed by atoms with Crippen LogP contribution < -0.4 is 4.90 Å². The summed E-state index contributed by atoms with van der Waals surface area (Å²) < 4.78 is 29.7. The van der Waals surface area contributed by atoms with E-state index < -0.39 is 10.0 Å². The molecule has 3 heterocycles. The molecule has 25 heavy (non-hydrogen) atoms. The van der Waals surface area contributed by atoms with Crippen LogP contribution >= 0.6 is 0 Å². The lowest BCUT2D eigenvalue weighted by molar-refractivity contribution is 0.384. The van der Waals surface area contributed by atoms with Gasteiger partial charge in [0.05, 0.1) is 0 Å². The minimum Gasteiger partial charge on any atom is -0.354 e. The number of sulfonamides is 1. The standard InChI is InChI=1S/C18H20N4O2S/c1-20-14-17(15-6-2-3-7-16(15)20)25(23,24)22-12-10-21(11-13-22)18-8-4-5-9-19-18/h2-9,14H,10-13H2,1H3. The first-order chi connectivity index (χ1) is 12.1. The SMILES string of the molecule is Cn1cc(S(=O)(=O)N2CCN(c3ccccn3)CC2)c2ccccc21. The van der Waals surface area contributed by atoms with Crippen molar-refractivity contribution in [2.24, 2.45) is 7.05 Å². The Labute approximate surface area is 147 Å². The second-order valence-corrected chi connectivity index (χ2v) is 8.11. The molecule has 3 aromatic rings. The minimum absolute atomic E-state index is 0.386. The van der Waals surface area contributed by atoms with Crippen LogP contribution in [0, 0.1) is 0 Å². The van der Waals surface area contributed by atoms with Crippen LogP contribution in [-0.4, -0.2) is 48.5 Å². The lowest BCUT2D eigenvalue weighted by Crippen LogP contribution is -2.48. The molecule has 1 aliphatic rings. The molecule has 130 valence electrons. The van der Waals surface area contributed by atoms with E-state index in [0.717, 1.165) is 16.7 Å². The summed E-state index contributed by atoms with van der Waals surface area (Å²) in [5, 5.41) is 0.775. The zero-order chi connectivity index (χ0) is 17.4. The van der Waals surface area contributed by atoms with Gasteiger partial charge < -0.3 is 9.47 Å². The maximum Gasteiger partial charge on any atom is 0.245 e. The van der Waals surface area contributed by atoms with Crippen LogP contribution in [0.25, 0.3) is 10.9 Å². The fraction of sp³-hybridized carbons (Fsp3) is 0.278. The summed E-state index contributed by atoms with van der Waals surface area (Å²) >= 11 is 0. The van der Waals surface area contributed by atoms with Crippen LogP contribution in [0.4, 0.5) is 5.82 Å². The number of piperazine rings is 1. The predicted molar refractivity (Wildman–Crippen MR) is 98.1 cm³/mol. The third-order valence-corrected chi connectivity index (χ3v) is 6.62. The van der Waals surface area contributed by atoms with Crippen molar-refractivity contribution in [3.05, 3.63) is 54.9 Å². The summed E-state index contributed by atoms with van der Waals surface area (Å²) in [6, 6.07) is 13.4. The lowest BCUT2D eigenvalue weighted by atomic mass is 10.2. The Morgan fingerprint density at radius 1 is 0.960 bits per heavy atom. The lowest BCUT2D eigenvalue weighted by Gasteiger charge is -2.34. The van der Waals surface area contributed by atoms with Crippen molar-refractivity contribution in [1.29, 1.82) is 0 Å². The van der Waals surface area contributed by atoms with E-state index in [-0.39, 0.29) is 0 Å². The Balaban J connectivity index is 1.59. The van der Waals surface area contributed by atoms with Crippen molar-refractivity contribution in [3.8, 4) is 0 Å². The molecule has 0 bridgehead atoms. The van der Waals surface area contributed by atoms with Gasteiger partial charge in [-0.2, -0.15) is 4.31 Å². The molecule has 1 aliphatic heterocycles. The van der Waals surface area contributed by atoms with E-state index in [0.29, 0.717) is 31.1 Å². The summed E-state index contributed by atoms with van der Waals surface area (Å²) in [6.07, 6.45) is 3.47. The van der Waals surface area contributed by atoms with E-state index in [4.69, 9.17) is 0 Å². The molecule has 0 spiro atoms. The Hall–Kier alpha value is -2.38. The highest BCUT2D eigenvalue weighted by Gasteiger charge is 2.31. The summed E-state index contributed by atoms with van der Waals surface area (Å²) in [7, 11) is -1.63. The molecule has 4 rings (SSSR count). The molecule has 0 atom stereocenters. The highest BCUT2D eigenvalue weighted by molar-refractivity contribution is 7.89. The first-order valence-electron chi connectivity index (χ1n) is 8.27. The molecule has 1 aromatic carbocycles. The van der Waals surface area contributed by atoms with Gasteiger partial charge in [0.25, 0.3) is 0 Å². The number of anilines is 1. The van der Waals surface area contributed by atoms with Crippen LogP contribution in [0.5, 0.6) is 0 Å². The van der Waals surface area contributed by atoms with Gasteiger partial charge in [-0.3, -0.25) is 0 Å². The fourth-order valence-corrected chi connectivity index (χ4v) is 5.01. The fourth-order valence-electron chi connectivity index (χ4n) is 3.35. The number of hydrogen-bond donors (Lipinski definition) is 0. The summed E-state index contributed by atoms with van der Waals surface area (Å²) in [5.74, 6) is 0.893. The molecule has 0 unspecified atom stereocenters. The summed E-state index contributed by atoms with van der Waals surface area (Å²) in [6.45, 7) is 2.20. The van der Waals surface area contributed by atoms with Crippen molar-refractivity contribution >= 4 is 26.7 Å². The van der Waals surface area contributed by atoms with Crippen LogP contribution in [0.3, 0.4) is 0 Å². The Bertz CT molecular complexity index is 990. The van der Waals surface area contributed by atoms with Crippen LogP contribution in [0.1, 0.15) is 0 Å². The second-order valence-electron chi connectivity index (χ2n) is 6.20. The van der Waals surface area contributed by atoms with Crippen molar-refractivity contribution in [1.82, 2.24) is 13.9 Å². The van der Waals surface area contributed by atoms with Gasteiger partial charge in [0, 0.05) is 56.5 Å². The van der Waals surface area contributed by atoms with E-state index in [1.54, 1.807) is 16.7 Å². The molecule has 0 saturated carbocycles. The molecular formula is C18H20N4O2S. The minimum atomic E-state index is -3.51. The molecule has 0 radical (unpaired) electrons. The maximum atomic E-state index is 13.1. The van der Waals surface area contributed by atoms with Crippen LogP contribution in [-0.2, 0) is 17.1 Å². The predicted octanol–water partition coefficient (Wildman–Crippen LogP) is 2.08. The van der Waals surface area contributed by atoms with Crippen molar-refractivity contribution in [3.63, 3.8) is 0 Å². The molecular weight excluding hydrogens is 336 g/mol. The van der Waals surface area contributed by atoms with Crippen molar-refractivity contribution in [2.45, 2.75) is 4.90 Å². The van der Waals surface area contributed by atoms with E-state index in [1.807, 2.05) is 54.1 Å². The van der Waals surface area contributed by atoms with E-state index >= 15 is 0 Å². The number of fused-ring (bicyclic) bond motifs is 1. The van der Waals surface area contributed by atoms with Gasteiger partial charge in [-0.25, -0.2) is 13.4 Å². The number of aryl methyl sites for hydroxylation is 1. The number of nitrogens with zero attached hydrogens (tertiary/aromatic N) is 4. The largest absolute Gasteiger partial charge is 0.354 e. The van der Waals surface area contributed by atoms with Gasteiger partial charge in [-0.1, -0.05) is 24.3 Å². The number of para-hydroxylation sites is 1. The molecule has 2 aromatic heterocycles. The van der Waals surface area contributed by atoms with Gasteiger partial charge in [0.15, 0.2) is 0 Å². The molecule has 0 N–H and O–H groups in total. The van der Waals surface area contributed by atoms with Gasteiger partial charge >= 0.3 is 0 Å². The number of rotatable bonds is 3. The Kier molecular flexibility index (Phi) is 3.97. The van der Waals surface area contributed by atoms with Gasteiger partial charge in [-0.05, 0) is 18.2 Å². The normalized spacial score (nSPS) is 16.4. The third-order valence-electron chi connectivity index (χ3n) is 4.69. The zero-order valence-electron chi connectivity index (χ0n) is 14.0. The van der Waals surface area contributed by atoms with Crippen LogP contribution in [0.2, 0.25) is 0 Å². The number of benzene rings is 1. The molecule has 1 fully saturated rings. The molecule has 1 saturated heterocycles. The average molecular weight is 356 g/mol. The third kappa shape index (κ3) is 2.79. The topological polar surface area (TPSA) is 58.4 Å². The zero-order valence-corrected chi connectivity index (χ0v) is 14.9. The summed E-state index contributed by atoms with van der Waals surface area (Å²) in [4.78, 5) is 6.85. The Morgan fingerprint density at radius 3 is 2.40 bits per heavy atom. The first kappa shape index (κ1) is 16.1. The second kappa shape index (κ2) is 6.16. The van der Waals surface area contributed by atoms with Gasteiger partial charge in [0.2, 0.25) is 10.0 Å².